The molecule has 1 saturated carbocycles. The summed E-state index contributed by atoms with van der Waals surface area (Å²) in [5.74, 6) is 1.42. The smallest absolute Gasteiger partial charge is 0.229 e. The fourth-order valence-corrected chi connectivity index (χ4v) is 3.68. The summed E-state index contributed by atoms with van der Waals surface area (Å²) in [7, 11) is 3.31. The van der Waals surface area contributed by atoms with E-state index in [0.717, 1.165) is 37.1 Å². The second kappa shape index (κ2) is 9.59. The number of halogens is 1. The zero-order valence-electron chi connectivity index (χ0n) is 15.9. The van der Waals surface area contributed by atoms with Crippen molar-refractivity contribution in [3.05, 3.63) is 24.3 Å². The molecule has 7 nitrogen and oxygen atoms in total. The van der Waals surface area contributed by atoms with Crippen molar-refractivity contribution in [1.82, 2.24) is 10.6 Å². The number of aliphatic hydroxyl groups is 1. The summed E-state index contributed by atoms with van der Waals surface area (Å²) >= 11 is 0. The summed E-state index contributed by atoms with van der Waals surface area (Å²) in [4.78, 5) is 18.4. The molecule has 8 heteroatoms. The minimum absolute atomic E-state index is 0. The summed E-state index contributed by atoms with van der Waals surface area (Å²) < 4.78 is 5.24. The zero-order valence-corrected chi connectivity index (χ0v) is 18.2. The summed E-state index contributed by atoms with van der Waals surface area (Å²) in [6.45, 7) is 1.05. The van der Waals surface area contributed by atoms with Gasteiger partial charge in [0.15, 0.2) is 5.96 Å². The van der Waals surface area contributed by atoms with Crippen LogP contribution in [0.2, 0.25) is 0 Å². The number of benzene rings is 1. The molecule has 1 amide bonds. The number of ether oxygens (including phenoxy) is 1. The molecular weight excluding hydrogens is 459 g/mol. The number of guanidine groups is 1. The predicted molar refractivity (Wildman–Crippen MR) is 117 cm³/mol. The molecule has 27 heavy (non-hydrogen) atoms. The Labute approximate surface area is 177 Å². The van der Waals surface area contributed by atoms with Gasteiger partial charge in [0.25, 0.3) is 0 Å². The number of nitrogens with one attached hydrogen (secondary N) is 2. The Morgan fingerprint density at radius 1 is 1.41 bits per heavy atom. The van der Waals surface area contributed by atoms with E-state index in [2.05, 4.69) is 15.6 Å². The molecule has 2 fully saturated rings. The number of hydrogen-bond donors (Lipinski definition) is 3. The standard InChI is InChI=1S/C19H28N4O3.HI/c1-20-18(21-13-19(25)8-3-4-9-19)22-14-10-17(24)23(12-14)15-6-5-7-16(11-15)26-2;/h5-7,11,14,25H,3-4,8-10,12-13H2,1-2H3,(H2,20,21,22);1H. The van der Waals surface area contributed by atoms with Crippen LogP contribution in [0.3, 0.4) is 0 Å². The van der Waals surface area contributed by atoms with E-state index in [4.69, 9.17) is 4.74 Å². The van der Waals surface area contributed by atoms with Gasteiger partial charge >= 0.3 is 0 Å². The quantitative estimate of drug-likeness (QED) is 0.335. The first-order chi connectivity index (χ1) is 12.5. The fraction of sp³-hybridized carbons (Fsp3) is 0.579. The number of rotatable bonds is 5. The van der Waals surface area contributed by atoms with E-state index < -0.39 is 5.60 Å². The first-order valence-corrected chi connectivity index (χ1v) is 9.17. The van der Waals surface area contributed by atoms with E-state index in [1.165, 1.54) is 0 Å². The maximum atomic E-state index is 12.4. The number of carbonyl (C=O) groups excluding carboxylic acids is 1. The SMILES string of the molecule is CN=C(NCC1(O)CCCC1)NC1CC(=O)N(c2cccc(OC)c2)C1.I. The van der Waals surface area contributed by atoms with Crippen molar-refractivity contribution >= 4 is 41.5 Å². The third-order valence-electron chi connectivity index (χ3n) is 5.17. The number of hydrogen-bond acceptors (Lipinski definition) is 4. The summed E-state index contributed by atoms with van der Waals surface area (Å²) in [6, 6.07) is 7.48. The van der Waals surface area contributed by atoms with Gasteiger partial charge in [0.1, 0.15) is 5.75 Å². The van der Waals surface area contributed by atoms with Gasteiger partial charge in [0.05, 0.1) is 18.8 Å². The van der Waals surface area contributed by atoms with E-state index in [1.54, 1.807) is 19.1 Å². The average molecular weight is 488 g/mol. The van der Waals surface area contributed by atoms with E-state index >= 15 is 0 Å². The lowest BCUT2D eigenvalue weighted by Crippen LogP contribution is -2.49. The van der Waals surface area contributed by atoms with Crippen LogP contribution in [0.25, 0.3) is 0 Å². The highest BCUT2D eigenvalue weighted by atomic mass is 127. The molecule has 1 aliphatic carbocycles. The van der Waals surface area contributed by atoms with Gasteiger partial charge in [0.2, 0.25) is 5.91 Å². The highest BCUT2D eigenvalue weighted by Gasteiger charge is 2.33. The van der Waals surface area contributed by atoms with Crippen molar-refractivity contribution in [2.24, 2.45) is 4.99 Å². The van der Waals surface area contributed by atoms with Crippen LogP contribution in [0.4, 0.5) is 5.69 Å². The lowest BCUT2D eigenvalue weighted by Gasteiger charge is -2.25. The topological polar surface area (TPSA) is 86.2 Å². The summed E-state index contributed by atoms with van der Waals surface area (Å²) in [5.41, 5.74) is 0.192. The first-order valence-electron chi connectivity index (χ1n) is 9.17. The largest absolute Gasteiger partial charge is 0.497 e. The van der Waals surface area contributed by atoms with Gasteiger partial charge in [-0.3, -0.25) is 9.79 Å². The van der Waals surface area contributed by atoms with Crippen LogP contribution in [0.15, 0.2) is 29.3 Å². The third-order valence-corrected chi connectivity index (χ3v) is 5.17. The maximum absolute atomic E-state index is 12.4. The highest BCUT2D eigenvalue weighted by molar-refractivity contribution is 14.0. The summed E-state index contributed by atoms with van der Waals surface area (Å²) in [6.07, 6.45) is 4.18. The Morgan fingerprint density at radius 2 is 2.15 bits per heavy atom. The number of carbonyl (C=O) groups is 1. The number of aliphatic imine (C=N–C) groups is 1. The van der Waals surface area contributed by atoms with Crippen molar-refractivity contribution < 1.29 is 14.6 Å². The lowest BCUT2D eigenvalue weighted by atomic mass is 10.0. The van der Waals surface area contributed by atoms with Gasteiger partial charge in [0, 0.05) is 38.3 Å². The molecule has 0 bridgehead atoms. The van der Waals surface area contributed by atoms with E-state index in [-0.39, 0.29) is 35.9 Å². The molecule has 1 saturated heterocycles. The molecule has 0 radical (unpaired) electrons. The molecule has 0 aromatic heterocycles. The van der Waals surface area contributed by atoms with Crippen molar-refractivity contribution in [3.8, 4) is 5.75 Å². The Morgan fingerprint density at radius 3 is 2.81 bits per heavy atom. The minimum atomic E-state index is -0.643. The molecular formula is C19H29IN4O3. The predicted octanol–water partition coefficient (Wildman–Crippen LogP) is 1.89. The van der Waals surface area contributed by atoms with Crippen LogP contribution < -0.4 is 20.3 Å². The molecule has 2 aliphatic rings. The Balaban J connectivity index is 0.00000261. The lowest BCUT2D eigenvalue weighted by molar-refractivity contribution is -0.117. The van der Waals surface area contributed by atoms with Gasteiger partial charge in [-0.2, -0.15) is 0 Å². The molecule has 3 N–H and O–H groups in total. The van der Waals surface area contributed by atoms with Crippen LogP contribution in [-0.4, -0.2) is 55.9 Å². The molecule has 3 rings (SSSR count). The monoisotopic (exact) mass is 488 g/mol. The molecule has 1 aliphatic heterocycles. The summed E-state index contributed by atoms with van der Waals surface area (Å²) in [5, 5.41) is 17.0. The molecule has 1 unspecified atom stereocenters. The fourth-order valence-electron chi connectivity index (χ4n) is 3.68. The van der Waals surface area contributed by atoms with Gasteiger partial charge < -0.3 is 25.4 Å². The van der Waals surface area contributed by atoms with Crippen molar-refractivity contribution in [2.45, 2.75) is 43.7 Å². The molecule has 1 heterocycles. The molecule has 150 valence electrons. The Kier molecular flexibility index (Phi) is 7.72. The van der Waals surface area contributed by atoms with E-state index in [0.29, 0.717) is 25.5 Å². The van der Waals surface area contributed by atoms with Crippen LogP contribution in [0.1, 0.15) is 32.1 Å². The minimum Gasteiger partial charge on any atom is -0.497 e. The van der Waals surface area contributed by atoms with E-state index in [1.807, 2.05) is 24.3 Å². The number of methoxy groups -OCH3 is 1. The van der Waals surface area contributed by atoms with Gasteiger partial charge in [-0.05, 0) is 25.0 Å². The third kappa shape index (κ3) is 5.47. The number of anilines is 1. The molecule has 1 aromatic carbocycles. The van der Waals surface area contributed by atoms with Crippen LogP contribution in [-0.2, 0) is 4.79 Å². The van der Waals surface area contributed by atoms with Crippen molar-refractivity contribution in [2.75, 3.05) is 32.1 Å². The van der Waals surface area contributed by atoms with Crippen molar-refractivity contribution in [1.29, 1.82) is 0 Å². The Hall–Kier alpha value is -1.55. The second-order valence-corrected chi connectivity index (χ2v) is 7.11. The molecule has 0 spiro atoms. The first kappa shape index (κ1) is 21.7. The van der Waals surface area contributed by atoms with Crippen LogP contribution in [0, 0.1) is 0 Å². The zero-order chi connectivity index (χ0) is 18.6. The van der Waals surface area contributed by atoms with Crippen LogP contribution in [0.5, 0.6) is 5.75 Å². The van der Waals surface area contributed by atoms with Gasteiger partial charge in [-0.1, -0.05) is 18.9 Å². The van der Waals surface area contributed by atoms with Crippen molar-refractivity contribution in [3.63, 3.8) is 0 Å². The normalized spacial score (nSPS) is 21.7. The molecule has 1 atom stereocenters. The van der Waals surface area contributed by atoms with Gasteiger partial charge in [-0.15, -0.1) is 24.0 Å². The highest BCUT2D eigenvalue weighted by Crippen LogP contribution is 2.28. The number of amides is 1. The average Bonchev–Trinajstić information content (AvgIpc) is 3.24. The van der Waals surface area contributed by atoms with Gasteiger partial charge in [-0.25, -0.2) is 0 Å². The van der Waals surface area contributed by atoms with Crippen LogP contribution >= 0.6 is 24.0 Å². The number of nitrogens with zero attached hydrogens (tertiary/aromatic N) is 2. The second-order valence-electron chi connectivity index (χ2n) is 7.11. The van der Waals surface area contributed by atoms with E-state index in [9.17, 15) is 9.90 Å². The maximum Gasteiger partial charge on any atom is 0.229 e. The molecule has 1 aromatic rings. The Bertz CT molecular complexity index is 677.